The monoisotopic (exact) mass is 230 g/mol. The number of nitrogens with zero attached hydrogens (tertiary/aromatic N) is 2. The van der Waals surface area contributed by atoms with Crippen LogP contribution in [0, 0.1) is 13.8 Å². The van der Waals surface area contributed by atoms with E-state index in [0.717, 1.165) is 17.3 Å². The molecule has 0 radical (unpaired) electrons. The van der Waals surface area contributed by atoms with E-state index in [2.05, 4.69) is 47.6 Å². The Hall–Kier alpha value is -1.97. The molecule has 1 aromatic heterocycles. The summed E-state index contributed by atoms with van der Waals surface area (Å²) in [4.78, 5) is 1.96. The topological polar surface area (TPSA) is 44.0 Å². The van der Waals surface area contributed by atoms with Gasteiger partial charge in [-0.05, 0) is 37.1 Å². The predicted octanol–water partition coefficient (Wildman–Crippen LogP) is 2.84. The van der Waals surface area contributed by atoms with E-state index in [1.54, 1.807) is 0 Å². The van der Waals surface area contributed by atoms with Gasteiger partial charge in [0.1, 0.15) is 5.82 Å². The van der Waals surface area contributed by atoms with E-state index in [1.807, 2.05) is 25.1 Å². The Labute approximate surface area is 102 Å². The van der Waals surface area contributed by atoms with Gasteiger partial charge in [-0.25, -0.2) is 0 Å². The number of aromatic nitrogens is 2. The SMILES string of the molecule is Cc1cc(C)cc(Nc2cc(N(C)C)n[nH]2)c1. The van der Waals surface area contributed by atoms with Crippen LogP contribution in [0.3, 0.4) is 0 Å². The third-order valence-corrected chi connectivity index (χ3v) is 2.52. The van der Waals surface area contributed by atoms with Gasteiger partial charge in [0.05, 0.1) is 0 Å². The molecule has 0 aliphatic carbocycles. The number of anilines is 3. The van der Waals surface area contributed by atoms with Crippen LogP contribution in [0.1, 0.15) is 11.1 Å². The quantitative estimate of drug-likeness (QED) is 0.852. The molecule has 0 saturated carbocycles. The summed E-state index contributed by atoms with van der Waals surface area (Å²) in [6, 6.07) is 8.37. The number of H-pyrrole nitrogens is 1. The van der Waals surface area contributed by atoms with Crippen LogP contribution in [0.5, 0.6) is 0 Å². The predicted molar refractivity (Wildman–Crippen MR) is 72.1 cm³/mol. The second kappa shape index (κ2) is 4.49. The fraction of sp³-hybridized carbons (Fsp3) is 0.308. The molecular formula is C13H18N4. The first-order valence-corrected chi connectivity index (χ1v) is 5.62. The molecular weight excluding hydrogens is 212 g/mol. The molecule has 0 fully saturated rings. The van der Waals surface area contributed by atoms with Crippen LogP contribution in [-0.4, -0.2) is 24.3 Å². The first-order valence-electron chi connectivity index (χ1n) is 5.62. The largest absolute Gasteiger partial charge is 0.361 e. The molecule has 0 saturated heterocycles. The zero-order valence-electron chi connectivity index (χ0n) is 10.7. The molecule has 0 aliphatic heterocycles. The molecule has 0 aliphatic rings. The molecule has 0 amide bonds. The van der Waals surface area contributed by atoms with Crippen molar-refractivity contribution in [1.82, 2.24) is 10.2 Å². The lowest BCUT2D eigenvalue weighted by molar-refractivity contribution is 1.01. The minimum absolute atomic E-state index is 0.902. The lowest BCUT2D eigenvalue weighted by Crippen LogP contribution is -2.08. The fourth-order valence-electron chi connectivity index (χ4n) is 1.81. The molecule has 4 nitrogen and oxygen atoms in total. The highest BCUT2D eigenvalue weighted by Crippen LogP contribution is 2.20. The van der Waals surface area contributed by atoms with Crippen LogP contribution in [0.15, 0.2) is 24.3 Å². The van der Waals surface area contributed by atoms with Gasteiger partial charge in [-0.1, -0.05) is 6.07 Å². The van der Waals surface area contributed by atoms with Crippen molar-refractivity contribution in [3.05, 3.63) is 35.4 Å². The van der Waals surface area contributed by atoms with E-state index >= 15 is 0 Å². The Morgan fingerprint density at radius 1 is 1.06 bits per heavy atom. The van der Waals surface area contributed by atoms with Crippen molar-refractivity contribution in [1.29, 1.82) is 0 Å². The molecule has 17 heavy (non-hydrogen) atoms. The van der Waals surface area contributed by atoms with Gasteiger partial charge in [0.2, 0.25) is 0 Å². The maximum absolute atomic E-state index is 4.20. The van der Waals surface area contributed by atoms with Gasteiger partial charge in [-0.3, -0.25) is 5.10 Å². The average Bonchev–Trinajstić information content (AvgIpc) is 2.64. The van der Waals surface area contributed by atoms with Crippen LogP contribution in [0.4, 0.5) is 17.3 Å². The number of hydrogen-bond donors (Lipinski definition) is 2. The zero-order chi connectivity index (χ0) is 12.4. The summed E-state index contributed by atoms with van der Waals surface area (Å²) in [6.07, 6.45) is 0. The Balaban J connectivity index is 2.19. The van der Waals surface area contributed by atoms with E-state index in [9.17, 15) is 0 Å². The van der Waals surface area contributed by atoms with Gasteiger partial charge in [0.25, 0.3) is 0 Å². The normalized spacial score (nSPS) is 10.4. The van der Waals surface area contributed by atoms with Gasteiger partial charge in [0.15, 0.2) is 5.82 Å². The van der Waals surface area contributed by atoms with Gasteiger partial charge in [0, 0.05) is 25.8 Å². The smallest absolute Gasteiger partial charge is 0.152 e. The fourth-order valence-corrected chi connectivity index (χ4v) is 1.81. The van der Waals surface area contributed by atoms with Gasteiger partial charge < -0.3 is 10.2 Å². The summed E-state index contributed by atoms with van der Waals surface area (Å²) in [5.74, 6) is 1.82. The van der Waals surface area contributed by atoms with E-state index in [1.165, 1.54) is 11.1 Å². The Bertz CT molecular complexity index is 494. The van der Waals surface area contributed by atoms with Crippen molar-refractivity contribution >= 4 is 17.3 Å². The Morgan fingerprint density at radius 3 is 2.24 bits per heavy atom. The van der Waals surface area contributed by atoms with Crippen molar-refractivity contribution in [2.45, 2.75) is 13.8 Å². The summed E-state index contributed by atoms with van der Waals surface area (Å²) < 4.78 is 0. The maximum Gasteiger partial charge on any atom is 0.152 e. The summed E-state index contributed by atoms with van der Waals surface area (Å²) in [5.41, 5.74) is 3.58. The molecule has 4 heteroatoms. The van der Waals surface area contributed by atoms with Crippen LogP contribution >= 0.6 is 0 Å². The molecule has 2 aromatic rings. The summed E-state index contributed by atoms with van der Waals surface area (Å²) in [5, 5.41) is 10.5. The van der Waals surface area contributed by atoms with Crippen molar-refractivity contribution in [3.8, 4) is 0 Å². The molecule has 1 heterocycles. The minimum Gasteiger partial charge on any atom is -0.361 e. The van der Waals surface area contributed by atoms with E-state index in [0.29, 0.717) is 0 Å². The van der Waals surface area contributed by atoms with Crippen LogP contribution in [0.25, 0.3) is 0 Å². The summed E-state index contributed by atoms with van der Waals surface area (Å²) in [6.45, 7) is 4.19. The standard InChI is InChI=1S/C13H18N4/c1-9-5-10(2)7-11(6-9)14-12-8-13(16-15-12)17(3)4/h5-8H,1-4H3,(H2,14,15,16). The second-order valence-corrected chi connectivity index (χ2v) is 4.54. The highest BCUT2D eigenvalue weighted by Gasteiger charge is 2.03. The maximum atomic E-state index is 4.20. The van der Waals surface area contributed by atoms with Gasteiger partial charge in [-0.15, -0.1) is 0 Å². The van der Waals surface area contributed by atoms with Gasteiger partial charge >= 0.3 is 0 Å². The second-order valence-electron chi connectivity index (χ2n) is 4.54. The van der Waals surface area contributed by atoms with Crippen LogP contribution in [0.2, 0.25) is 0 Å². The van der Waals surface area contributed by atoms with Crippen molar-refractivity contribution in [3.63, 3.8) is 0 Å². The summed E-state index contributed by atoms with van der Waals surface area (Å²) in [7, 11) is 3.94. The highest BCUT2D eigenvalue weighted by atomic mass is 15.3. The zero-order valence-corrected chi connectivity index (χ0v) is 10.7. The Kier molecular flexibility index (Phi) is 3.04. The highest BCUT2D eigenvalue weighted by molar-refractivity contribution is 5.61. The number of aryl methyl sites for hydroxylation is 2. The van der Waals surface area contributed by atoms with Gasteiger partial charge in [-0.2, -0.15) is 5.10 Å². The number of aromatic amines is 1. The molecule has 2 N–H and O–H groups in total. The van der Waals surface area contributed by atoms with E-state index in [-0.39, 0.29) is 0 Å². The van der Waals surface area contributed by atoms with E-state index < -0.39 is 0 Å². The first kappa shape index (κ1) is 11.5. The van der Waals surface area contributed by atoms with Crippen LogP contribution < -0.4 is 10.2 Å². The summed E-state index contributed by atoms with van der Waals surface area (Å²) >= 11 is 0. The third kappa shape index (κ3) is 2.78. The lowest BCUT2D eigenvalue weighted by atomic mass is 10.1. The lowest BCUT2D eigenvalue weighted by Gasteiger charge is -2.07. The molecule has 0 unspecified atom stereocenters. The number of benzene rings is 1. The van der Waals surface area contributed by atoms with E-state index in [4.69, 9.17) is 0 Å². The number of nitrogens with one attached hydrogen (secondary N) is 2. The average molecular weight is 230 g/mol. The first-order chi connectivity index (χ1) is 8.04. The molecule has 2 rings (SSSR count). The minimum atomic E-state index is 0.902. The number of hydrogen-bond acceptors (Lipinski definition) is 3. The molecule has 0 spiro atoms. The third-order valence-electron chi connectivity index (χ3n) is 2.52. The molecule has 0 atom stereocenters. The van der Waals surface area contributed by atoms with Crippen molar-refractivity contribution in [2.75, 3.05) is 24.3 Å². The molecule has 90 valence electrons. The molecule has 0 bridgehead atoms. The molecule has 1 aromatic carbocycles. The van der Waals surface area contributed by atoms with Crippen molar-refractivity contribution in [2.24, 2.45) is 0 Å². The number of rotatable bonds is 3. The van der Waals surface area contributed by atoms with Crippen molar-refractivity contribution < 1.29 is 0 Å². The van der Waals surface area contributed by atoms with Crippen LogP contribution in [-0.2, 0) is 0 Å². The Morgan fingerprint density at radius 2 is 1.71 bits per heavy atom.